The van der Waals surface area contributed by atoms with E-state index in [1.54, 1.807) is 0 Å². The van der Waals surface area contributed by atoms with Crippen molar-refractivity contribution in [2.75, 3.05) is 0 Å². The number of aliphatic carboxylic acids is 1. The van der Waals surface area contributed by atoms with Crippen LogP contribution in [-0.2, 0) is 17.8 Å². The molecule has 5 heteroatoms. The Kier molecular flexibility index (Phi) is 5.46. The summed E-state index contributed by atoms with van der Waals surface area (Å²) >= 11 is 0. The molecule has 0 aliphatic carbocycles. The number of pyridine rings is 1. The number of nitrogens with zero attached hydrogens (tertiary/aromatic N) is 2. The Morgan fingerprint density at radius 1 is 1.24 bits per heavy atom. The number of carboxylic acid groups (broad SMARTS) is 1. The topological polar surface area (TPSA) is 66.6 Å². The van der Waals surface area contributed by atoms with E-state index in [0.29, 0.717) is 13.0 Å². The fraction of sp³-hybridized carbons (Fsp3) is 0.300. The van der Waals surface area contributed by atoms with E-state index < -0.39 is 5.97 Å². The summed E-state index contributed by atoms with van der Waals surface area (Å²) in [4.78, 5) is 15.4. The van der Waals surface area contributed by atoms with E-state index in [4.69, 9.17) is 5.11 Å². The summed E-state index contributed by atoms with van der Waals surface area (Å²) in [5.41, 5.74) is 4.39. The number of nitrogens with one attached hydrogen (secondary N) is 1. The fourth-order valence-electron chi connectivity index (χ4n) is 2.99. The molecule has 0 fully saturated rings. The van der Waals surface area contributed by atoms with E-state index in [1.807, 2.05) is 36.5 Å². The largest absolute Gasteiger partial charge is 0.481 e. The van der Waals surface area contributed by atoms with Crippen LogP contribution in [0.5, 0.6) is 0 Å². The van der Waals surface area contributed by atoms with Gasteiger partial charge in [-0.2, -0.15) is 0 Å². The van der Waals surface area contributed by atoms with Crippen LogP contribution in [0.25, 0.3) is 5.65 Å². The number of carbonyl (C=O) groups is 1. The molecule has 25 heavy (non-hydrogen) atoms. The lowest BCUT2D eigenvalue weighted by Crippen LogP contribution is -2.31. The Morgan fingerprint density at radius 2 is 2.04 bits per heavy atom. The molecule has 3 aromatic rings. The summed E-state index contributed by atoms with van der Waals surface area (Å²) in [5, 5.41) is 12.5. The second-order valence-corrected chi connectivity index (χ2v) is 6.38. The molecule has 0 bridgehead atoms. The highest BCUT2D eigenvalue weighted by Crippen LogP contribution is 2.12. The van der Waals surface area contributed by atoms with Crippen molar-refractivity contribution in [1.29, 1.82) is 0 Å². The van der Waals surface area contributed by atoms with Gasteiger partial charge in [0.05, 0.1) is 11.9 Å². The maximum atomic E-state index is 11.0. The Balaban J connectivity index is 1.70. The first kappa shape index (κ1) is 17.2. The Labute approximate surface area is 147 Å². The first-order valence-corrected chi connectivity index (χ1v) is 8.53. The van der Waals surface area contributed by atoms with Gasteiger partial charge in [0.15, 0.2) is 0 Å². The third-order valence-corrected chi connectivity index (χ3v) is 4.33. The highest BCUT2D eigenvalue weighted by Gasteiger charge is 2.13. The van der Waals surface area contributed by atoms with Gasteiger partial charge in [0.25, 0.3) is 0 Å². The quantitative estimate of drug-likeness (QED) is 0.662. The molecule has 0 aliphatic rings. The van der Waals surface area contributed by atoms with Crippen LogP contribution in [0, 0.1) is 6.92 Å². The second kappa shape index (κ2) is 7.94. The molecule has 1 aromatic carbocycles. The number of imidazole rings is 1. The first-order chi connectivity index (χ1) is 12.1. The molecule has 0 spiro atoms. The van der Waals surface area contributed by atoms with Gasteiger partial charge in [-0.3, -0.25) is 4.79 Å². The van der Waals surface area contributed by atoms with E-state index in [1.165, 1.54) is 11.1 Å². The van der Waals surface area contributed by atoms with E-state index in [9.17, 15) is 4.79 Å². The van der Waals surface area contributed by atoms with Crippen molar-refractivity contribution in [2.45, 2.75) is 38.8 Å². The van der Waals surface area contributed by atoms with Crippen LogP contribution in [-0.4, -0.2) is 26.5 Å². The molecule has 0 saturated carbocycles. The average molecular weight is 337 g/mol. The number of rotatable bonds is 8. The Bertz CT molecular complexity index is 843. The Morgan fingerprint density at radius 3 is 2.80 bits per heavy atom. The summed E-state index contributed by atoms with van der Waals surface area (Å²) in [6.07, 6.45) is 5.52. The molecule has 2 aromatic heterocycles. The number of aromatic nitrogens is 2. The van der Waals surface area contributed by atoms with Crippen LogP contribution in [0.15, 0.2) is 54.9 Å². The van der Waals surface area contributed by atoms with Crippen molar-refractivity contribution in [3.05, 3.63) is 71.7 Å². The zero-order chi connectivity index (χ0) is 17.6. The SMILES string of the molecule is Cc1ccc2ncc(CNC(CCC(=O)O)Cc3ccccc3)n2c1. The van der Waals surface area contributed by atoms with Gasteiger partial charge >= 0.3 is 5.97 Å². The van der Waals surface area contributed by atoms with Crippen molar-refractivity contribution < 1.29 is 9.90 Å². The van der Waals surface area contributed by atoms with E-state index in [-0.39, 0.29) is 12.5 Å². The van der Waals surface area contributed by atoms with Crippen molar-refractivity contribution >= 4 is 11.6 Å². The van der Waals surface area contributed by atoms with Gasteiger partial charge in [-0.15, -0.1) is 0 Å². The van der Waals surface area contributed by atoms with Crippen LogP contribution in [0.4, 0.5) is 0 Å². The van der Waals surface area contributed by atoms with Gasteiger partial charge < -0.3 is 14.8 Å². The highest BCUT2D eigenvalue weighted by atomic mass is 16.4. The number of benzene rings is 1. The molecule has 1 atom stereocenters. The minimum atomic E-state index is -0.759. The normalized spacial score (nSPS) is 12.4. The minimum absolute atomic E-state index is 0.105. The Hall–Kier alpha value is -2.66. The summed E-state index contributed by atoms with van der Waals surface area (Å²) < 4.78 is 2.08. The lowest BCUT2D eigenvalue weighted by atomic mass is 10.0. The monoisotopic (exact) mass is 337 g/mol. The van der Waals surface area contributed by atoms with Crippen molar-refractivity contribution in [1.82, 2.24) is 14.7 Å². The molecule has 2 heterocycles. The van der Waals surface area contributed by atoms with E-state index in [0.717, 1.165) is 17.8 Å². The molecule has 130 valence electrons. The summed E-state index contributed by atoms with van der Waals surface area (Å²) in [7, 11) is 0. The standard InChI is InChI=1S/C20H23N3O2/c1-15-7-9-19-22-13-18(23(19)14-15)12-21-17(8-10-20(24)25)11-16-5-3-2-4-6-16/h2-7,9,13-14,17,21H,8,10-12H2,1H3,(H,24,25). The molecular weight excluding hydrogens is 314 g/mol. The van der Waals surface area contributed by atoms with Crippen molar-refractivity contribution in [3.63, 3.8) is 0 Å². The maximum absolute atomic E-state index is 11.0. The smallest absolute Gasteiger partial charge is 0.303 e. The summed E-state index contributed by atoms with van der Waals surface area (Å²) in [5.74, 6) is -0.759. The lowest BCUT2D eigenvalue weighted by Gasteiger charge is -2.18. The summed E-state index contributed by atoms with van der Waals surface area (Å²) in [6.45, 7) is 2.71. The number of hydrogen-bond acceptors (Lipinski definition) is 3. The van der Waals surface area contributed by atoms with Crippen LogP contribution in [0.2, 0.25) is 0 Å². The molecule has 2 N–H and O–H groups in total. The zero-order valence-electron chi connectivity index (χ0n) is 14.4. The second-order valence-electron chi connectivity index (χ2n) is 6.38. The van der Waals surface area contributed by atoms with Gasteiger partial charge in [0, 0.05) is 25.2 Å². The molecule has 0 radical (unpaired) electrons. The molecule has 3 rings (SSSR count). The van der Waals surface area contributed by atoms with Crippen LogP contribution < -0.4 is 5.32 Å². The van der Waals surface area contributed by atoms with Crippen molar-refractivity contribution in [2.24, 2.45) is 0 Å². The zero-order valence-corrected chi connectivity index (χ0v) is 14.4. The number of carboxylic acids is 1. The van der Waals surface area contributed by atoms with E-state index >= 15 is 0 Å². The van der Waals surface area contributed by atoms with Crippen LogP contribution in [0.3, 0.4) is 0 Å². The molecular formula is C20H23N3O2. The fourth-order valence-corrected chi connectivity index (χ4v) is 2.99. The van der Waals surface area contributed by atoms with Gasteiger partial charge in [0.2, 0.25) is 0 Å². The maximum Gasteiger partial charge on any atom is 0.303 e. The molecule has 5 nitrogen and oxygen atoms in total. The first-order valence-electron chi connectivity index (χ1n) is 8.53. The molecule has 1 unspecified atom stereocenters. The van der Waals surface area contributed by atoms with Gasteiger partial charge in [-0.1, -0.05) is 36.4 Å². The third-order valence-electron chi connectivity index (χ3n) is 4.33. The summed E-state index contributed by atoms with van der Waals surface area (Å²) in [6, 6.07) is 14.3. The van der Waals surface area contributed by atoms with Crippen molar-refractivity contribution in [3.8, 4) is 0 Å². The average Bonchev–Trinajstić information content (AvgIpc) is 3.00. The number of fused-ring (bicyclic) bond motifs is 1. The van der Waals surface area contributed by atoms with Crippen LogP contribution >= 0.6 is 0 Å². The number of hydrogen-bond donors (Lipinski definition) is 2. The predicted octanol–water partition coefficient (Wildman–Crippen LogP) is 3.21. The van der Waals surface area contributed by atoms with Crippen LogP contribution in [0.1, 0.15) is 29.7 Å². The molecule has 0 aliphatic heterocycles. The van der Waals surface area contributed by atoms with Gasteiger partial charge in [-0.25, -0.2) is 4.98 Å². The van der Waals surface area contributed by atoms with Gasteiger partial charge in [-0.05, 0) is 37.0 Å². The molecule has 0 amide bonds. The minimum Gasteiger partial charge on any atom is -0.481 e. The lowest BCUT2D eigenvalue weighted by molar-refractivity contribution is -0.137. The van der Waals surface area contributed by atoms with Gasteiger partial charge in [0.1, 0.15) is 5.65 Å². The highest BCUT2D eigenvalue weighted by molar-refractivity contribution is 5.66. The number of aryl methyl sites for hydroxylation is 1. The third kappa shape index (κ3) is 4.67. The molecule has 0 saturated heterocycles. The van der Waals surface area contributed by atoms with E-state index in [2.05, 4.69) is 40.0 Å². The predicted molar refractivity (Wildman–Crippen MR) is 97.6 cm³/mol.